The van der Waals surface area contributed by atoms with Crippen LogP contribution in [0.3, 0.4) is 0 Å². The number of unbranched alkanes of at least 4 members (excludes halogenated alkanes) is 42. The summed E-state index contributed by atoms with van der Waals surface area (Å²) in [6.45, 7) is 4.33. The summed E-state index contributed by atoms with van der Waals surface area (Å²) in [5, 5.41) is 54.5. The largest absolute Gasteiger partial charge is 0.466 e. The number of hydrogen-bond donors (Lipinski definition) is 6. The van der Waals surface area contributed by atoms with Crippen LogP contribution in [0.1, 0.15) is 335 Å². The first-order chi connectivity index (χ1) is 40.7. The predicted molar refractivity (Wildman–Crippen MR) is 347 cm³/mol. The van der Waals surface area contributed by atoms with E-state index in [1.54, 1.807) is 6.08 Å². The summed E-state index contributed by atoms with van der Waals surface area (Å²) in [5.41, 5.74) is 0. The van der Waals surface area contributed by atoms with Crippen molar-refractivity contribution in [3.8, 4) is 0 Å². The quantitative estimate of drug-likeness (QED) is 0.0195. The number of carbonyl (C=O) groups is 2. The van der Waals surface area contributed by atoms with Crippen molar-refractivity contribution in [2.45, 2.75) is 378 Å². The predicted octanol–water partition coefficient (Wildman–Crippen LogP) is 18.0. The normalized spacial score (nSPS) is 18.4. The van der Waals surface area contributed by atoms with Gasteiger partial charge in [0.05, 0.1) is 32.0 Å². The number of hydrogen-bond acceptors (Lipinski definition) is 10. The van der Waals surface area contributed by atoms with E-state index in [1.165, 1.54) is 238 Å². The molecule has 83 heavy (non-hydrogen) atoms. The third kappa shape index (κ3) is 50.3. The van der Waals surface area contributed by atoms with E-state index in [1.807, 2.05) is 6.08 Å². The summed E-state index contributed by atoms with van der Waals surface area (Å²) in [5.74, 6) is -0.187. The van der Waals surface area contributed by atoms with E-state index in [0.717, 1.165) is 70.6 Å². The maximum Gasteiger partial charge on any atom is 0.305 e. The Bertz CT molecular complexity index is 1520. The van der Waals surface area contributed by atoms with Crippen molar-refractivity contribution in [3.63, 3.8) is 0 Å². The molecule has 486 valence electrons. The van der Waals surface area contributed by atoms with Gasteiger partial charge < -0.3 is 45.1 Å². The molecule has 0 aromatic carbocycles. The first-order valence-corrected chi connectivity index (χ1v) is 35.4. The number of rotatable bonds is 62. The summed E-state index contributed by atoms with van der Waals surface area (Å²) in [7, 11) is 0. The lowest BCUT2D eigenvalue weighted by Crippen LogP contribution is -2.60. The van der Waals surface area contributed by atoms with Gasteiger partial charge in [-0.15, -0.1) is 0 Å². The maximum absolute atomic E-state index is 13.1. The molecule has 0 radical (unpaired) electrons. The van der Waals surface area contributed by atoms with Crippen LogP contribution >= 0.6 is 0 Å². The van der Waals surface area contributed by atoms with Gasteiger partial charge in [0.2, 0.25) is 5.91 Å². The van der Waals surface area contributed by atoms with Gasteiger partial charge in [-0.25, -0.2) is 0 Å². The number of allylic oxidation sites excluding steroid dienone is 7. The number of amides is 1. The molecule has 0 bridgehead atoms. The van der Waals surface area contributed by atoms with Crippen molar-refractivity contribution in [2.24, 2.45) is 0 Å². The Morgan fingerprint density at radius 2 is 0.783 bits per heavy atom. The zero-order valence-corrected chi connectivity index (χ0v) is 53.9. The Hall–Kier alpha value is -2.38. The van der Waals surface area contributed by atoms with Crippen molar-refractivity contribution < 1.29 is 49.3 Å². The fourth-order valence-corrected chi connectivity index (χ4v) is 11.1. The molecule has 7 unspecified atom stereocenters. The van der Waals surface area contributed by atoms with Gasteiger partial charge in [0.15, 0.2) is 6.29 Å². The van der Waals surface area contributed by atoms with Gasteiger partial charge in [-0.2, -0.15) is 0 Å². The maximum atomic E-state index is 13.1. The molecular weight excluding hydrogens is 1040 g/mol. The smallest absolute Gasteiger partial charge is 0.305 e. The highest BCUT2D eigenvalue weighted by Gasteiger charge is 2.44. The zero-order chi connectivity index (χ0) is 60.2. The van der Waals surface area contributed by atoms with E-state index in [4.69, 9.17) is 14.2 Å². The van der Waals surface area contributed by atoms with E-state index in [2.05, 4.69) is 55.6 Å². The van der Waals surface area contributed by atoms with Gasteiger partial charge in [0.1, 0.15) is 24.4 Å². The van der Waals surface area contributed by atoms with E-state index < -0.39 is 49.5 Å². The number of carbonyl (C=O) groups excluding carboxylic acids is 2. The summed E-state index contributed by atoms with van der Waals surface area (Å²) in [6.07, 6.45) is 69.5. The van der Waals surface area contributed by atoms with Crippen LogP contribution in [-0.4, -0.2) is 100 Å². The third-order valence-electron chi connectivity index (χ3n) is 16.6. The molecule has 1 aliphatic rings. The number of esters is 1. The van der Waals surface area contributed by atoms with Crippen molar-refractivity contribution >= 4 is 11.9 Å². The molecule has 0 aromatic rings. The Kier molecular flexibility index (Phi) is 58.0. The second-order valence-electron chi connectivity index (χ2n) is 24.6. The Morgan fingerprint density at radius 1 is 0.434 bits per heavy atom. The van der Waals surface area contributed by atoms with Crippen LogP contribution < -0.4 is 5.32 Å². The molecule has 1 aliphatic heterocycles. The van der Waals surface area contributed by atoms with Crippen LogP contribution in [0.4, 0.5) is 0 Å². The van der Waals surface area contributed by atoms with Crippen LogP contribution in [0.2, 0.25) is 0 Å². The van der Waals surface area contributed by atoms with Crippen LogP contribution in [0, 0.1) is 0 Å². The van der Waals surface area contributed by atoms with Crippen molar-refractivity contribution in [1.29, 1.82) is 0 Å². The SMILES string of the molecule is CCCCCCC/C=C/CC/C=C/CC/C=C/C(O)C(COC1OC(CO)C(O)C(O)C1O)NC(=O)CCCCCCCCCCCCCCC/C=C\CCCCCCCCCCCCCCOC(=O)CCCCCCCCCCCCC. The molecule has 11 heteroatoms. The number of nitrogens with one attached hydrogen (secondary N) is 1. The van der Waals surface area contributed by atoms with E-state index in [0.29, 0.717) is 19.4 Å². The molecule has 1 fully saturated rings. The summed E-state index contributed by atoms with van der Waals surface area (Å²) in [6, 6.07) is -0.835. The monoisotopic (exact) mass is 1170 g/mol. The number of aliphatic hydroxyl groups excluding tert-OH is 5. The highest BCUT2D eigenvalue weighted by Crippen LogP contribution is 2.23. The van der Waals surface area contributed by atoms with Crippen molar-refractivity contribution in [2.75, 3.05) is 19.8 Å². The fraction of sp³-hybridized carbons (Fsp3) is 0.861. The highest BCUT2D eigenvalue weighted by molar-refractivity contribution is 5.76. The average Bonchev–Trinajstić information content (AvgIpc) is 3.51. The molecule has 1 saturated heterocycles. The average molecular weight is 1170 g/mol. The molecule has 11 nitrogen and oxygen atoms in total. The summed E-state index contributed by atoms with van der Waals surface area (Å²) >= 11 is 0. The minimum atomic E-state index is -1.58. The second kappa shape index (κ2) is 61.3. The van der Waals surface area contributed by atoms with E-state index in [-0.39, 0.29) is 18.5 Å². The standard InChI is InChI=1S/C72H133NO10/c1-3-5-7-9-11-13-15-16-32-35-39-42-46-50-54-58-65(75)64(63-82-72-71(80)70(79)69(78)66(62-74)83-72)73-67(76)59-55-51-47-43-40-36-33-30-28-26-24-22-20-18-17-19-21-23-25-27-29-31-34-37-41-45-49-53-57-61-81-68(77)60-56-52-48-44-38-14-12-10-8-6-4-2/h15-17,19,39,42,54,58,64-66,69-72,74-75,78-80H,3-14,18,20-38,40-41,43-53,55-57,59-63H2,1-2H3,(H,73,76)/b16-15+,19-17-,42-39+,58-54+. The Morgan fingerprint density at radius 3 is 1.19 bits per heavy atom. The molecule has 1 rings (SSSR count). The fourth-order valence-electron chi connectivity index (χ4n) is 11.1. The topological polar surface area (TPSA) is 175 Å². The summed E-state index contributed by atoms with van der Waals surface area (Å²) in [4.78, 5) is 25.1. The summed E-state index contributed by atoms with van der Waals surface area (Å²) < 4.78 is 16.7. The number of aliphatic hydroxyl groups is 5. The van der Waals surface area contributed by atoms with E-state index >= 15 is 0 Å². The third-order valence-corrected chi connectivity index (χ3v) is 16.6. The Balaban J connectivity index is 2.01. The first kappa shape index (κ1) is 78.6. The van der Waals surface area contributed by atoms with Crippen LogP contribution in [0.5, 0.6) is 0 Å². The van der Waals surface area contributed by atoms with Crippen LogP contribution in [0.15, 0.2) is 48.6 Å². The molecule has 0 spiro atoms. The van der Waals surface area contributed by atoms with Gasteiger partial charge in [-0.1, -0.05) is 287 Å². The second-order valence-corrected chi connectivity index (χ2v) is 24.6. The van der Waals surface area contributed by atoms with Gasteiger partial charge in [-0.05, 0) is 83.5 Å². The molecule has 1 amide bonds. The first-order valence-electron chi connectivity index (χ1n) is 35.4. The van der Waals surface area contributed by atoms with E-state index in [9.17, 15) is 35.1 Å². The minimum Gasteiger partial charge on any atom is -0.466 e. The molecule has 7 atom stereocenters. The van der Waals surface area contributed by atoms with Crippen molar-refractivity contribution in [3.05, 3.63) is 48.6 Å². The lowest BCUT2D eigenvalue weighted by molar-refractivity contribution is -0.302. The zero-order valence-electron chi connectivity index (χ0n) is 53.9. The Labute approximate surface area is 510 Å². The molecule has 6 N–H and O–H groups in total. The van der Waals surface area contributed by atoms with Crippen LogP contribution in [-0.2, 0) is 23.8 Å². The highest BCUT2D eigenvalue weighted by atomic mass is 16.7. The molecule has 1 heterocycles. The van der Waals surface area contributed by atoms with Crippen LogP contribution in [0.25, 0.3) is 0 Å². The van der Waals surface area contributed by atoms with Gasteiger partial charge in [0, 0.05) is 12.8 Å². The molecule has 0 aromatic heterocycles. The molecular formula is C72H133NO10. The lowest BCUT2D eigenvalue weighted by atomic mass is 9.99. The van der Waals surface area contributed by atoms with Crippen molar-refractivity contribution in [1.82, 2.24) is 5.32 Å². The minimum absolute atomic E-state index is 0.00710. The molecule has 0 aliphatic carbocycles. The van der Waals surface area contributed by atoms with Gasteiger partial charge >= 0.3 is 5.97 Å². The lowest BCUT2D eigenvalue weighted by Gasteiger charge is -2.40. The molecule has 0 saturated carbocycles. The van der Waals surface area contributed by atoms with Gasteiger partial charge in [0.25, 0.3) is 0 Å². The van der Waals surface area contributed by atoms with Gasteiger partial charge in [-0.3, -0.25) is 9.59 Å². The number of ether oxygens (including phenoxy) is 3.